The summed E-state index contributed by atoms with van der Waals surface area (Å²) in [6, 6.07) is 17.5. The Morgan fingerprint density at radius 2 is 1.83 bits per heavy atom. The average molecular weight is 317 g/mol. The van der Waals surface area contributed by atoms with Gasteiger partial charge in [0, 0.05) is 18.1 Å². The number of aromatic nitrogens is 1. The number of hydrogen-bond acceptors (Lipinski definition) is 2. The molecule has 3 aromatic rings. The number of allylic oxidation sites excluding steroid dienone is 1. The fourth-order valence-electron chi connectivity index (χ4n) is 2.58. The highest BCUT2D eigenvalue weighted by atomic mass is 16.5. The number of rotatable bonds is 6. The van der Waals surface area contributed by atoms with Crippen molar-refractivity contribution in [3.8, 4) is 5.75 Å². The molecule has 0 aliphatic heterocycles. The van der Waals surface area contributed by atoms with Crippen molar-refractivity contribution in [3.63, 3.8) is 0 Å². The fraction of sp³-hybridized carbons (Fsp3) is 0.0952. The number of pyridine rings is 1. The van der Waals surface area contributed by atoms with Crippen LogP contribution in [0.15, 0.2) is 84.3 Å². The maximum Gasteiger partial charge on any atom is 0.258 e. The molecule has 3 nitrogen and oxygen atoms in total. The van der Waals surface area contributed by atoms with E-state index in [4.69, 9.17) is 4.74 Å². The van der Waals surface area contributed by atoms with E-state index >= 15 is 0 Å². The summed E-state index contributed by atoms with van der Waals surface area (Å²) in [5.74, 6) is 0.716. The van der Waals surface area contributed by atoms with E-state index in [1.807, 2.05) is 66.7 Å². The van der Waals surface area contributed by atoms with Crippen molar-refractivity contribution in [2.75, 3.05) is 6.61 Å². The molecule has 0 fully saturated rings. The summed E-state index contributed by atoms with van der Waals surface area (Å²) in [5, 5.41) is 1.49. The first-order chi connectivity index (χ1) is 11.8. The van der Waals surface area contributed by atoms with Gasteiger partial charge in [-0.05, 0) is 29.8 Å². The van der Waals surface area contributed by atoms with Crippen molar-refractivity contribution in [1.29, 1.82) is 0 Å². The van der Waals surface area contributed by atoms with E-state index in [9.17, 15) is 4.79 Å². The molecular formula is C21H19NO2. The smallest absolute Gasteiger partial charge is 0.258 e. The van der Waals surface area contributed by atoms with Crippen LogP contribution in [0.2, 0.25) is 0 Å². The number of hydrogen-bond donors (Lipinski definition) is 0. The molecule has 0 aliphatic rings. The maximum atomic E-state index is 12.4. The van der Waals surface area contributed by atoms with Crippen molar-refractivity contribution in [3.05, 3.63) is 95.4 Å². The second kappa shape index (κ2) is 7.47. The molecule has 0 radical (unpaired) electrons. The van der Waals surface area contributed by atoms with E-state index < -0.39 is 0 Å². The normalized spacial score (nSPS) is 11.0. The molecule has 3 rings (SSSR count). The molecule has 0 saturated carbocycles. The van der Waals surface area contributed by atoms with Crippen LogP contribution in [0.1, 0.15) is 5.56 Å². The largest absolute Gasteiger partial charge is 0.489 e. The van der Waals surface area contributed by atoms with Crippen LogP contribution in [0.25, 0.3) is 16.8 Å². The van der Waals surface area contributed by atoms with Crippen molar-refractivity contribution in [1.82, 2.24) is 4.57 Å². The minimum Gasteiger partial charge on any atom is -0.489 e. The third-order valence-electron chi connectivity index (χ3n) is 3.75. The highest BCUT2D eigenvalue weighted by Crippen LogP contribution is 2.23. The minimum atomic E-state index is -0.0299. The van der Waals surface area contributed by atoms with Crippen molar-refractivity contribution >= 4 is 16.8 Å². The number of benzene rings is 2. The Hall–Kier alpha value is -3.07. The Kier molecular flexibility index (Phi) is 4.92. The summed E-state index contributed by atoms with van der Waals surface area (Å²) < 4.78 is 7.47. The van der Waals surface area contributed by atoms with Crippen LogP contribution in [0.4, 0.5) is 0 Å². The highest BCUT2D eigenvalue weighted by Gasteiger charge is 2.06. The fourth-order valence-corrected chi connectivity index (χ4v) is 2.58. The van der Waals surface area contributed by atoms with Gasteiger partial charge in [0.15, 0.2) is 0 Å². The molecule has 0 atom stereocenters. The molecule has 0 N–H and O–H groups in total. The topological polar surface area (TPSA) is 31.2 Å². The van der Waals surface area contributed by atoms with Gasteiger partial charge in [0.2, 0.25) is 0 Å². The molecule has 0 aliphatic carbocycles. The molecular weight excluding hydrogens is 298 g/mol. The quantitative estimate of drug-likeness (QED) is 0.635. The predicted molar refractivity (Wildman–Crippen MR) is 99.4 cm³/mol. The van der Waals surface area contributed by atoms with E-state index in [-0.39, 0.29) is 5.56 Å². The average Bonchev–Trinajstić information content (AvgIpc) is 2.62. The second-order valence-electron chi connectivity index (χ2n) is 5.40. The van der Waals surface area contributed by atoms with Gasteiger partial charge in [-0.25, -0.2) is 0 Å². The number of nitrogens with zero attached hydrogens (tertiary/aromatic N) is 1. The monoisotopic (exact) mass is 317 g/mol. The molecule has 0 unspecified atom stereocenters. The number of ether oxygens (including phenoxy) is 1. The third kappa shape index (κ3) is 3.46. The summed E-state index contributed by atoms with van der Waals surface area (Å²) in [5.41, 5.74) is 1.10. The molecule has 120 valence electrons. The summed E-state index contributed by atoms with van der Waals surface area (Å²) in [6.07, 6.45) is 7.47. The van der Waals surface area contributed by atoms with Gasteiger partial charge in [-0.15, -0.1) is 6.58 Å². The first kappa shape index (κ1) is 15.8. The lowest BCUT2D eigenvalue weighted by Gasteiger charge is -2.09. The molecule has 3 heteroatoms. The lowest BCUT2D eigenvalue weighted by Crippen LogP contribution is -2.18. The van der Waals surface area contributed by atoms with Gasteiger partial charge in [-0.2, -0.15) is 0 Å². The number of fused-ring (bicyclic) bond motifs is 1. The van der Waals surface area contributed by atoms with Gasteiger partial charge in [0.25, 0.3) is 5.56 Å². The van der Waals surface area contributed by atoms with Crippen molar-refractivity contribution in [2.24, 2.45) is 0 Å². The van der Waals surface area contributed by atoms with Crippen LogP contribution in [-0.2, 0) is 6.54 Å². The van der Waals surface area contributed by atoms with Crippen LogP contribution in [0.3, 0.4) is 0 Å². The molecule has 0 bridgehead atoms. The molecule has 1 aromatic heterocycles. The second-order valence-corrected chi connectivity index (χ2v) is 5.40. The third-order valence-corrected chi connectivity index (χ3v) is 3.75. The van der Waals surface area contributed by atoms with Crippen molar-refractivity contribution in [2.45, 2.75) is 6.54 Å². The van der Waals surface area contributed by atoms with Gasteiger partial charge >= 0.3 is 0 Å². The van der Waals surface area contributed by atoms with Gasteiger partial charge in [0.05, 0.1) is 5.39 Å². The Morgan fingerprint density at radius 3 is 2.62 bits per heavy atom. The summed E-state index contributed by atoms with van der Waals surface area (Å²) in [7, 11) is 0. The zero-order chi connectivity index (χ0) is 16.8. The van der Waals surface area contributed by atoms with Crippen LogP contribution in [-0.4, -0.2) is 11.2 Å². The van der Waals surface area contributed by atoms with Gasteiger partial charge in [0.1, 0.15) is 12.4 Å². The SMILES string of the molecule is C=CCn1ccc2c(OC/C=C/c3ccccc3)cccc2c1=O. The van der Waals surface area contributed by atoms with Crippen LogP contribution >= 0.6 is 0 Å². The summed E-state index contributed by atoms with van der Waals surface area (Å²) in [4.78, 5) is 12.4. The highest BCUT2D eigenvalue weighted by molar-refractivity contribution is 5.87. The summed E-state index contributed by atoms with van der Waals surface area (Å²) >= 11 is 0. The van der Waals surface area contributed by atoms with E-state index in [1.54, 1.807) is 16.8 Å². The van der Waals surface area contributed by atoms with E-state index in [0.29, 0.717) is 24.3 Å². The lowest BCUT2D eigenvalue weighted by atomic mass is 10.1. The Morgan fingerprint density at radius 1 is 1.00 bits per heavy atom. The maximum absolute atomic E-state index is 12.4. The van der Waals surface area contributed by atoms with E-state index in [2.05, 4.69) is 6.58 Å². The molecule has 24 heavy (non-hydrogen) atoms. The molecule has 0 saturated heterocycles. The van der Waals surface area contributed by atoms with E-state index in [0.717, 1.165) is 10.9 Å². The first-order valence-electron chi connectivity index (χ1n) is 7.87. The Balaban J connectivity index is 1.80. The standard InChI is InChI=1S/C21H19NO2/c1-2-14-22-15-13-18-19(21(22)23)11-6-12-20(18)24-16-7-10-17-8-4-3-5-9-17/h2-13,15H,1,14,16H2/b10-7+. The van der Waals surface area contributed by atoms with Gasteiger partial charge in [-0.3, -0.25) is 4.79 Å². The predicted octanol–water partition coefficient (Wildman–Crippen LogP) is 4.28. The Labute approximate surface area is 141 Å². The lowest BCUT2D eigenvalue weighted by molar-refractivity contribution is 0.368. The Bertz CT molecular complexity index is 923. The van der Waals surface area contributed by atoms with Gasteiger partial charge in [-0.1, -0.05) is 48.6 Å². The minimum absolute atomic E-state index is 0.0299. The van der Waals surface area contributed by atoms with Crippen LogP contribution < -0.4 is 10.3 Å². The van der Waals surface area contributed by atoms with Crippen molar-refractivity contribution < 1.29 is 4.74 Å². The van der Waals surface area contributed by atoms with Gasteiger partial charge < -0.3 is 9.30 Å². The molecule has 0 amide bonds. The van der Waals surface area contributed by atoms with E-state index in [1.165, 1.54) is 0 Å². The zero-order valence-electron chi connectivity index (χ0n) is 13.4. The van der Waals surface area contributed by atoms with Crippen LogP contribution in [0.5, 0.6) is 5.75 Å². The zero-order valence-corrected chi connectivity index (χ0v) is 13.4. The summed E-state index contributed by atoms with van der Waals surface area (Å²) in [6.45, 7) is 4.63. The molecule has 2 aromatic carbocycles. The first-order valence-corrected chi connectivity index (χ1v) is 7.87. The molecule has 0 spiro atoms. The van der Waals surface area contributed by atoms with Crippen LogP contribution in [0, 0.1) is 0 Å². The molecule has 1 heterocycles.